The van der Waals surface area contributed by atoms with Crippen LogP contribution in [-0.2, 0) is 15.8 Å². The molecule has 0 saturated heterocycles. The van der Waals surface area contributed by atoms with Gasteiger partial charge in [0.15, 0.2) is 0 Å². The lowest BCUT2D eigenvalue weighted by Crippen LogP contribution is -2.28. The molecule has 0 spiro atoms. The molecule has 0 aliphatic rings. The van der Waals surface area contributed by atoms with E-state index in [9.17, 15) is 22.8 Å². The fourth-order valence-electron chi connectivity index (χ4n) is 1.76. The van der Waals surface area contributed by atoms with Gasteiger partial charge >= 0.3 is 6.18 Å². The van der Waals surface area contributed by atoms with Gasteiger partial charge in [0.05, 0.1) is 5.56 Å². The van der Waals surface area contributed by atoms with Gasteiger partial charge in [-0.2, -0.15) is 13.2 Å². The van der Waals surface area contributed by atoms with Crippen molar-refractivity contribution < 1.29 is 22.8 Å². The average molecular weight is 316 g/mol. The van der Waals surface area contributed by atoms with Crippen LogP contribution in [0.25, 0.3) is 0 Å². The summed E-state index contributed by atoms with van der Waals surface area (Å²) < 4.78 is 37.2. The number of carbonyl (C=O) groups excluding carboxylic acids is 2. The molecular weight excluding hydrogens is 297 g/mol. The van der Waals surface area contributed by atoms with E-state index in [-0.39, 0.29) is 12.1 Å². The van der Waals surface area contributed by atoms with Crippen LogP contribution < -0.4 is 10.6 Å². The minimum Gasteiger partial charge on any atom is -0.356 e. The highest BCUT2D eigenvalue weighted by molar-refractivity contribution is 6.03. The first kappa shape index (κ1) is 18.0. The summed E-state index contributed by atoms with van der Waals surface area (Å²) >= 11 is 0. The number of carbonyl (C=O) groups is 2. The maximum Gasteiger partial charge on any atom is 0.416 e. The molecule has 1 aromatic rings. The van der Waals surface area contributed by atoms with Gasteiger partial charge in [0, 0.05) is 12.2 Å². The van der Waals surface area contributed by atoms with Crippen molar-refractivity contribution in [1.29, 1.82) is 0 Å². The summed E-state index contributed by atoms with van der Waals surface area (Å²) in [7, 11) is 0. The minimum absolute atomic E-state index is 0.219. The van der Waals surface area contributed by atoms with Crippen LogP contribution in [0.2, 0.25) is 0 Å². The molecule has 0 aliphatic carbocycles. The largest absolute Gasteiger partial charge is 0.416 e. The molecule has 0 aliphatic heterocycles. The van der Waals surface area contributed by atoms with Crippen molar-refractivity contribution in [3.05, 3.63) is 29.8 Å². The molecule has 4 nitrogen and oxygen atoms in total. The van der Waals surface area contributed by atoms with E-state index in [0.717, 1.165) is 43.5 Å². The van der Waals surface area contributed by atoms with Crippen molar-refractivity contribution in [3.8, 4) is 0 Å². The van der Waals surface area contributed by atoms with Crippen molar-refractivity contribution in [2.45, 2.75) is 38.8 Å². The predicted molar refractivity (Wildman–Crippen MR) is 77.2 cm³/mol. The highest BCUT2D eigenvalue weighted by Crippen LogP contribution is 2.29. The molecule has 0 aromatic heterocycles. The molecule has 0 radical (unpaired) electrons. The third-order valence-electron chi connectivity index (χ3n) is 2.92. The number of halogens is 3. The molecule has 0 bridgehead atoms. The second-order valence-corrected chi connectivity index (χ2v) is 4.86. The average Bonchev–Trinajstić information content (AvgIpc) is 2.43. The number of nitrogens with one attached hydrogen (secondary N) is 2. The highest BCUT2D eigenvalue weighted by atomic mass is 19.4. The van der Waals surface area contributed by atoms with Gasteiger partial charge < -0.3 is 10.6 Å². The molecule has 2 amide bonds. The van der Waals surface area contributed by atoms with Gasteiger partial charge in [0.25, 0.3) is 0 Å². The van der Waals surface area contributed by atoms with E-state index in [2.05, 4.69) is 10.6 Å². The van der Waals surface area contributed by atoms with E-state index in [0.29, 0.717) is 6.54 Å². The van der Waals surface area contributed by atoms with E-state index in [1.54, 1.807) is 0 Å². The van der Waals surface area contributed by atoms with Crippen LogP contribution in [0.3, 0.4) is 0 Å². The Morgan fingerprint density at radius 2 is 1.68 bits per heavy atom. The predicted octanol–water partition coefficient (Wildman–Crippen LogP) is 3.34. The van der Waals surface area contributed by atoms with Crippen molar-refractivity contribution in [1.82, 2.24) is 5.32 Å². The number of alkyl halides is 3. The Hall–Kier alpha value is -2.05. The van der Waals surface area contributed by atoms with Crippen LogP contribution in [-0.4, -0.2) is 18.4 Å². The topological polar surface area (TPSA) is 58.2 Å². The molecule has 0 fully saturated rings. The van der Waals surface area contributed by atoms with Crippen LogP contribution in [0.1, 0.15) is 38.2 Å². The number of hydrogen-bond acceptors (Lipinski definition) is 2. The molecule has 1 aromatic carbocycles. The Balaban J connectivity index is 2.40. The van der Waals surface area contributed by atoms with Crippen molar-refractivity contribution >= 4 is 17.5 Å². The number of anilines is 1. The molecular formula is C15H19F3N2O2. The normalized spacial score (nSPS) is 11.1. The highest BCUT2D eigenvalue weighted by Gasteiger charge is 2.29. The number of benzene rings is 1. The lowest BCUT2D eigenvalue weighted by atomic mass is 10.2. The van der Waals surface area contributed by atoms with Crippen LogP contribution in [0.4, 0.5) is 18.9 Å². The van der Waals surface area contributed by atoms with Crippen molar-refractivity contribution in [3.63, 3.8) is 0 Å². The fourth-order valence-corrected chi connectivity index (χ4v) is 1.76. The van der Waals surface area contributed by atoms with Crippen LogP contribution in [0.15, 0.2) is 24.3 Å². The third kappa shape index (κ3) is 6.60. The van der Waals surface area contributed by atoms with E-state index >= 15 is 0 Å². The Morgan fingerprint density at radius 1 is 1.05 bits per heavy atom. The van der Waals surface area contributed by atoms with E-state index in [1.165, 1.54) is 0 Å². The third-order valence-corrected chi connectivity index (χ3v) is 2.92. The first-order chi connectivity index (χ1) is 10.3. The fraction of sp³-hybridized carbons (Fsp3) is 0.467. The SMILES string of the molecule is CCCCCNC(=O)CC(=O)Nc1ccc(C(F)(F)F)cc1. The summed E-state index contributed by atoms with van der Waals surface area (Å²) in [6, 6.07) is 4.06. The summed E-state index contributed by atoms with van der Waals surface area (Å²) in [5.74, 6) is -0.965. The molecule has 0 heterocycles. The van der Waals surface area contributed by atoms with Crippen molar-refractivity contribution in [2.24, 2.45) is 0 Å². The zero-order valence-corrected chi connectivity index (χ0v) is 12.3. The first-order valence-electron chi connectivity index (χ1n) is 7.06. The van der Waals surface area contributed by atoms with E-state index in [1.807, 2.05) is 6.92 Å². The summed E-state index contributed by atoms with van der Waals surface area (Å²) in [5, 5.41) is 5.00. The summed E-state index contributed by atoms with van der Waals surface area (Å²) in [5.41, 5.74) is -0.573. The standard InChI is InChI=1S/C15H19F3N2O2/c1-2-3-4-9-19-13(21)10-14(22)20-12-7-5-11(6-8-12)15(16,17)18/h5-8H,2-4,9-10H2,1H3,(H,19,21)(H,20,22). The maximum absolute atomic E-state index is 12.4. The lowest BCUT2D eigenvalue weighted by molar-refractivity contribution is -0.137. The Bertz CT molecular complexity index is 499. The molecule has 0 atom stereocenters. The first-order valence-corrected chi connectivity index (χ1v) is 7.06. The van der Waals surface area contributed by atoms with Crippen LogP contribution in [0, 0.1) is 0 Å². The lowest BCUT2D eigenvalue weighted by Gasteiger charge is -2.09. The molecule has 22 heavy (non-hydrogen) atoms. The minimum atomic E-state index is -4.42. The van der Waals surface area contributed by atoms with Gasteiger partial charge in [-0.15, -0.1) is 0 Å². The maximum atomic E-state index is 12.4. The molecule has 2 N–H and O–H groups in total. The van der Waals surface area contributed by atoms with Gasteiger partial charge in [-0.1, -0.05) is 19.8 Å². The number of amides is 2. The Morgan fingerprint density at radius 3 is 2.23 bits per heavy atom. The molecule has 1 rings (SSSR count). The summed E-state index contributed by atoms with van der Waals surface area (Å²) in [6.45, 7) is 2.56. The monoisotopic (exact) mass is 316 g/mol. The van der Waals surface area contributed by atoms with Gasteiger partial charge in [0.2, 0.25) is 11.8 Å². The number of rotatable bonds is 7. The molecule has 0 unspecified atom stereocenters. The second kappa shape index (κ2) is 8.41. The Labute approximate surface area is 127 Å². The van der Waals surface area contributed by atoms with Gasteiger partial charge in [-0.3, -0.25) is 9.59 Å². The van der Waals surface area contributed by atoms with Gasteiger partial charge in [-0.25, -0.2) is 0 Å². The van der Waals surface area contributed by atoms with Crippen LogP contribution in [0.5, 0.6) is 0 Å². The Kier molecular flexibility index (Phi) is 6.88. The zero-order valence-electron chi connectivity index (χ0n) is 12.3. The number of hydrogen-bond donors (Lipinski definition) is 2. The molecule has 0 saturated carbocycles. The summed E-state index contributed by atoms with van der Waals surface area (Å²) in [4.78, 5) is 23.1. The number of unbranched alkanes of at least 4 members (excludes halogenated alkanes) is 2. The van der Waals surface area contributed by atoms with Gasteiger partial charge in [-0.05, 0) is 30.7 Å². The van der Waals surface area contributed by atoms with E-state index < -0.39 is 23.6 Å². The van der Waals surface area contributed by atoms with E-state index in [4.69, 9.17) is 0 Å². The molecule has 122 valence electrons. The van der Waals surface area contributed by atoms with Crippen LogP contribution >= 0.6 is 0 Å². The quantitative estimate of drug-likeness (QED) is 0.599. The zero-order chi connectivity index (χ0) is 16.6. The smallest absolute Gasteiger partial charge is 0.356 e. The van der Waals surface area contributed by atoms with Gasteiger partial charge in [0.1, 0.15) is 6.42 Å². The summed E-state index contributed by atoms with van der Waals surface area (Å²) in [6.07, 6.45) is -1.89. The molecule has 7 heteroatoms. The second-order valence-electron chi connectivity index (χ2n) is 4.86. The van der Waals surface area contributed by atoms with Crippen molar-refractivity contribution in [2.75, 3.05) is 11.9 Å².